The van der Waals surface area contributed by atoms with Gasteiger partial charge in [-0.2, -0.15) is 0 Å². The lowest BCUT2D eigenvalue weighted by Gasteiger charge is -2.69. The highest BCUT2D eigenvalue weighted by molar-refractivity contribution is 5.98. The highest BCUT2D eigenvalue weighted by Gasteiger charge is 2.95. The normalized spacial score (nSPS) is 51.0. The zero-order valence-electron chi connectivity index (χ0n) is 36.0. The Balaban J connectivity index is 0.931. The Bertz CT molecular complexity index is 2150. The van der Waals surface area contributed by atoms with Crippen molar-refractivity contribution < 1.29 is 58.2 Å². The molecule has 14 heteroatoms. The average molecular weight is 859 g/mol. The molecule has 1 aromatic rings. The number of ketones is 1. The molecule has 14 nitrogen and oxygen atoms in total. The zero-order valence-corrected chi connectivity index (χ0v) is 36.0. The van der Waals surface area contributed by atoms with Gasteiger partial charge >= 0.3 is 11.9 Å². The van der Waals surface area contributed by atoms with E-state index in [4.69, 9.17) is 23.4 Å². The number of allylic oxidation sites excluding steroid dienone is 2. The molecule has 1 aromatic heterocycles. The first-order valence-electron chi connectivity index (χ1n) is 23.5. The third kappa shape index (κ3) is 4.45. The molecular formula is C48H62N2O12. The van der Waals surface area contributed by atoms with Gasteiger partial charge in [-0.15, -0.1) is 0 Å². The number of fused-ring (bicyclic) bond motifs is 6. The van der Waals surface area contributed by atoms with E-state index in [1.807, 2.05) is 32.1 Å². The number of carbonyl (C=O) groups is 3. The molecule has 12 aliphatic rings. The number of nitrogens with one attached hydrogen (secondary N) is 1. The lowest BCUT2D eigenvalue weighted by atomic mass is 9.32. The van der Waals surface area contributed by atoms with Gasteiger partial charge in [0.2, 0.25) is 0 Å². The molecule has 0 radical (unpaired) electrons. The van der Waals surface area contributed by atoms with E-state index in [0.717, 1.165) is 32.5 Å². The average Bonchev–Trinajstić information content (AvgIpc) is 3.55. The summed E-state index contributed by atoms with van der Waals surface area (Å²) in [5.74, 6) is -0.620. The van der Waals surface area contributed by atoms with E-state index in [1.165, 1.54) is 0 Å². The minimum Gasteiger partial charge on any atom is -0.469 e. The van der Waals surface area contributed by atoms with Crippen molar-refractivity contribution in [1.29, 1.82) is 0 Å². The Morgan fingerprint density at radius 3 is 2.65 bits per heavy atom. The van der Waals surface area contributed by atoms with Crippen LogP contribution in [0.2, 0.25) is 0 Å². The van der Waals surface area contributed by atoms with Gasteiger partial charge in [0, 0.05) is 42.0 Å². The minimum absolute atomic E-state index is 0.0686. The molecule has 5 spiro atoms. The van der Waals surface area contributed by atoms with Gasteiger partial charge in [-0.3, -0.25) is 14.9 Å². The van der Waals surface area contributed by atoms with E-state index in [1.54, 1.807) is 6.26 Å². The van der Waals surface area contributed by atoms with Crippen LogP contribution in [0.25, 0.3) is 0 Å². The number of ether oxygens (including phenoxy) is 4. The Kier molecular flexibility index (Phi) is 8.49. The second-order valence-corrected chi connectivity index (χ2v) is 22.2. The molecule has 2 bridgehead atoms. The number of esters is 2. The van der Waals surface area contributed by atoms with Crippen molar-refractivity contribution >= 4 is 17.7 Å². The Labute approximate surface area is 361 Å². The van der Waals surface area contributed by atoms with Crippen LogP contribution >= 0.6 is 0 Å². The molecule has 9 fully saturated rings. The number of cyclic esters (lactones) is 2. The largest absolute Gasteiger partial charge is 0.469 e. The molecule has 62 heavy (non-hydrogen) atoms. The summed E-state index contributed by atoms with van der Waals surface area (Å²) >= 11 is 0. The third-order valence-corrected chi connectivity index (χ3v) is 20.0. The van der Waals surface area contributed by atoms with Gasteiger partial charge < -0.3 is 48.7 Å². The van der Waals surface area contributed by atoms with Crippen molar-refractivity contribution in [2.24, 2.45) is 62.6 Å². The Hall–Kier alpha value is -3.11. The van der Waals surface area contributed by atoms with E-state index in [-0.39, 0.29) is 50.0 Å². The SMILES string of the molecule is CC1(C)OC2C3(CCC(CO)C3)C(=O)OCC23C2CCC4(C)C(c5ccoc5CC(C(O)CO)C5CCC6C(C=CN7CNCC67)C5)OC(=O)C5OC54C24CC=CC13C(=O)C4O. The van der Waals surface area contributed by atoms with Gasteiger partial charge in [-0.05, 0) is 119 Å². The second-order valence-electron chi connectivity index (χ2n) is 22.2. The van der Waals surface area contributed by atoms with Gasteiger partial charge in [0.15, 0.2) is 11.9 Å². The number of hydrogen-bond acceptors (Lipinski definition) is 14. The van der Waals surface area contributed by atoms with Crippen LogP contribution in [0.4, 0.5) is 0 Å². The molecular weight excluding hydrogens is 797 g/mol. The number of aliphatic hydroxyl groups excluding tert-OH is 4. The molecule has 5 saturated heterocycles. The molecule has 0 amide bonds. The number of epoxide rings is 1. The summed E-state index contributed by atoms with van der Waals surface area (Å²) in [7, 11) is 0. The first kappa shape index (κ1) is 40.4. The number of furan rings is 1. The molecule has 6 aliphatic heterocycles. The summed E-state index contributed by atoms with van der Waals surface area (Å²) < 4.78 is 33.1. The predicted molar refractivity (Wildman–Crippen MR) is 217 cm³/mol. The fraction of sp³-hybridized carbons (Fsp3) is 0.771. The fourth-order valence-corrected chi connectivity index (χ4v) is 17.5. The number of Topliss-reactive ketones (excluding diaryl/α,β-unsaturated/α-hetero) is 1. The van der Waals surface area contributed by atoms with E-state index in [0.29, 0.717) is 67.7 Å². The first-order chi connectivity index (χ1) is 29.7. The van der Waals surface area contributed by atoms with Crippen molar-refractivity contribution in [2.75, 3.05) is 33.0 Å². The smallest absolute Gasteiger partial charge is 0.339 e. The zero-order chi connectivity index (χ0) is 43.0. The first-order valence-corrected chi connectivity index (χ1v) is 23.5. The van der Waals surface area contributed by atoms with E-state index >= 15 is 4.79 Å². The van der Waals surface area contributed by atoms with E-state index in [9.17, 15) is 30.0 Å². The molecule has 5 N–H and O–H groups in total. The summed E-state index contributed by atoms with van der Waals surface area (Å²) in [4.78, 5) is 46.6. The molecule has 6 aliphatic carbocycles. The Morgan fingerprint density at radius 2 is 1.85 bits per heavy atom. The third-order valence-electron chi connectivity index (χ3n) is 20.0. The van der Waals surface area contributed by atoms with Crippen LogP contribution in [0, 0.1) is 62.6 Å². The van der Waals surface area contributed by atoms with Crippen molar-refractivity contribution in [1.82, 2.24) is 10.2 Å². The molecule has 336 valence electrons. The minimum atomic E-state index is -1.53. The number of hydrogen-bond donors (Lipinski definition) is 5. The topological polar surface area (TPSA) is 201 Å². The lowest BCUT2D eigenvalue weighted by molar-refractivity contribution is -0.273. The van der Waals surface area contributed by atoms with Crippen molar-refractivity contribution in [2.45, 2.75) is 133 Å². The van der Waals surface area contributed by atoms with Crippen LogP contribution in [-0.4, -0.2) is 118 Å². The standard InChI is InChI=1S/C48H62N2O12/c1-42(2)47-12-4-11-45(35(54)36(47)55)34(46(47)23-59-41(57)44(40(46)62-42)14-7-25(19-44)21-51)8-13-43(3)37(60-39(56)38-48(43,45)61-38)29-10-16-58-33(29)18-30(32(53)22-52)26-5-6-28-27(17-26)9-15-50-24-49-20-31(28)50/h4,9-10,12,15-16,25-28,30-32,34-35,37-38,40,49,51-54H,5-8,11,13-14,17-24H2,1-3H3. The maximum Gasteiger partial charge on any atom is 0.339 e. The van der Waals surface area contributed by atoms with E-state index in [2.05, 4.69) is 29.4 Å². The molecule has 4 saturated carbocycles. The van der Waals surface area contributed by atoms with Gasteiger partial charge in [-0.25, -0.2) is 4.79 Å². The van der Waals surface area contributed by atoms with Crippen molar-refractivity contribution in [3.8, 4) is 0 Å². The highest BCUT2D eigenvalue weighted by atomic mass is 16.7. The monoisotopic (exact) mass is 858 g/mol. The number of carbonyl (C=O) groups excluding carboxylic acids is 3. The van der Waals surface area contributed by atoms with Gasteiger partial charge in [-0.1, -0.05) is 25.2 Å². The van der Waals surface area contributed by atoms with Crippen molar-refractivity contribution in [3.63, 3.8) is 0 Å². The summed E-state index contributed by atoms with van der Waals surface area (Å²) in [5.41, 5.74) is -7.57. The summed E-state index contributed by atoms with van der Waals surface area (Å²) in [5, 5.41) is 48.7. The number of rotatable bonds is 7. The Morgan fingerprint density at radius 1 is 1.02 bits per heavy atom. The summed E-state index contributed by atoms with van der Waals surface area (Å²) in [6.45, 7) is 7.16. The van der Waals surface area contributed by atoms with Gasteiger partial charge in [0.25, 0.3) is 0 Å². The number of aliphatic hydroxyl groups is 4. The molecule has 13 rings (SSSR count). The van der Waals surface area contributed by atoms with Crippen LogP contribution < -0.4 is 5.32 Å². The highest BCUT2D eigenvalue weighted by Crippen LogP contribution is 2.85. The summed E-state index contributed by atoms with van der Waals surface area (Å²) in [6, 6.07) is 2.31. The quantitative estimate of drug-likeness (QED) is 0.152. The molecule has 7 heterocycles. The van der Waals surface area contributed by atoms with Crippen LogP contribution in [0.1, 0.15) is 96.0 Å². The van der Waals surface area contributed by atoms with Crippen molar-refractivity contribution in [3.05, 3.63) is 48.1 Å². The number of nitrogens with zero attached hydrogens (tertiary/aromatic N) is 1. The van der Waals surface area contributed by atoms with Gasteiger partial charge in [0.05, 0.1) is 53.6 Å². The van der Waals surface area contributed by atoms with E-state index < -0.39 is 86.5 Å². The maximum absolute atomic E-state index is 15.6. The molecule has 0 aromatic carbocycles. The fourth-order valence-electron chi connectivity index (χ4n) is 17.5. The van der Waals surface area contributed by atoms with Gasteiger partial charge in [0.1, 0.15) is 30.2 Å². The van der Waals surface area contributed by atoms with Crippen LogP contribution in [-0.2, 0) is 39.8 Å². The second kappa shape index (κ2) is 13.0. The van der Waals surface area contributed by atoms with Crippen LogP contribution in [0.15, 0.2) is 41.2 Å². The molecule has 18 unspecified atom stereocenters. The van der Waals surface area contributed by atoms with Crippen LogP contribution in [0.5, 0.6) is 0 Å². The summed E-state index contributed by atoms with van der Waals surface area (Å²) in [6.07, 6.45) is 10.8. The maximum atomic E-state index is 15.6. The predicted octanol–water partition coefficient (Wildman–Crippen LogP) is 3.11. The lowest BCUT2D eigenvalue weighted by Crippen LogP contribution is -2.80. The molecule has 18 atom stereocenters. The van der Waals surface area contributed by atoms with Crippen LogP contribution in [0.3, 0.4) is 0 Å².